The van der Waals surface area contributed by atoms with Crippen molar-refractivity contribution in [2.24, 2.45) is 5.92 Å². The Kier molecular flexibility index (Phi) is 7.56. The molecule has 0 radical (unpaired) electrons. The molecule has 0 spiro atoms. The molecule has 1 amide bonds. The normalized spacial score (nSPS) is 20.0. The summed E-state index contributed by atoms with van der Waals surface area (Å²) in [6.07, 6.45) is -0.144. The van der Waals surface area contributed by atoms with Crippen LogP contribution in [0.1, 0.15) is 6.42 Å². The lowest BCUT2D eigenvalue weighted by atomic mass is 9.93. The van der Waals surface area contributed by atoms with Crippen molar-refractivity contribution in [1.82, 2.24) is 9.62 Å². The third-order valence-corrected chi connectivity index (χ3v) is 7.39. The molecule has 1 aromatic carbocycles. The number of carbonyl (C=O) groups is 2. The van der Waals surface area contributed by atoms with Crippen LogP contribution in [-0.2, 0) is 29.4 Å². The summed E-state index contributed by atoms with van der Waals surface area (Å²) in [4.78, 5) is 33.7. The maximum atomic E-state index is 12.9. The van der Waals surface area contributed by atoms with E-state index in [0.29, 0.717) is 0 Å². The average molecular weight is 480 g/mol. The molecule has 1 heterocycles. The van der Waals surface area contributed by atoms with Crippen molar-refractivity contribution in [3.05, 3.63) is 29.2 Å². The number of carbonyl (C=O) groups excluding carboxylic acids is 1. The van der Waals surface area contributed by atoms with Crippen molar-refractivity contribution in [2.75, 3.05) is 31.7 Å². The van der Waals surface area contributed by atoms with Gasteiger partial charge in [0, 0.05) is 31.5 Å². The molecule has 3 N–H and O–H groups in total. The second kappa shape index (κ2) is 9.57. The van der Waals surface area contributed by atoms with Gasteiger partial charge in [0.1, 0.15) is 6.61 Å². The van der Waals surface area contributed by atoms with Gasteiger partial charge in [-0.15, -0.1) is 0 Å². The second-order valence-corrected chi connectivity index (χ2v) is 11.0. The Morgan fingerprint density at radius 3 is 2.48 bits per heavy atom. The molecule has 31 heavy (non-hydrogen) atoms. The van der Waals surface area contributed by atoms with Crippen LogP contribution in [0.5, 0.6) is 0 Å². The summed E-state index contributed by atoms with van der Waals surface area (Å²) in [5, 5.41) is 21.0. The zero-order valence-corrected chi connectivity index (χ0v) is 18.0. The maximum Gasteiger partial charge on any atom is 0.407 e. The highest BCUT2D eigenvalue weighted by molar-refractivity contribution is 7.90. The lowest BCUT2D eigenvalue weighted by Crippen LogP contribution is -2.54. The number of sulfone groups is 1. The van der Waals surface area contributed by atoms with Crippen molar-refractivity contribution in [1.29, 1.82) is 0 Å². The van der Waals surface area contributed by atoms with Crippen LogP contribution in [0.2, 0.25) is 0 Å². The molecule has 13 nitrogen and oxygen atoms in total. The number of sulfonamides is 1. The van der Waals surface area contributed by atoms with Gasteiger partial charge >= 0.3 is 17.7 Å². The standard InChI is InChI=1S/C16H21N3O10S2/c1-30(25,26)9-8-29-16(22)17-12-6-7-18(10-11(12)15(20)21)31(27,28)14-5-3-2-4-13(14)19(23)24/h2-5,11-12H,6-10H2,1H3,(H2-,17,20,21,22,23,24)/p+1/t11-,12-/m0/s1. The quantitative estimate of drug-likeness (QED) is 0.418. The predicted molar refractivity (Wildman–Crippen MR) is 104 cm³/mol. The van der Waals surface area contributed by atoms with E-state index < -0.39 is 78.3 Å². The number of carboxylic acids is 1. The average Bonchev–Trinajstić information content (AvgIpc) is 2.66. The molecule has 2 rings (SSSR count). The molecule has 1 aromatic rings. The minimum atomic E-state index is -4.33. The molecule has 0 saturated carbocycles. The highest BCUT2D eigenvalue weighted by Crippen LogP contribution is 2.29. The van der Waals surface area contributed by atoms with Gasteiger partial charge in [0.25, 0.3) is 4.92 Å². The topological polar surface area (TPSA) is 187 Å². The van der Waals surface area contributed by atoms with Crippen LogP contribution >= 0.6 is 0 Å². The molecule has 0 bridgehead atoms. The molecule has 1 saturated heterocycles. The van der Waals surface area contributed by atoms with Crippen LogP contribution in [0.25, 0.3) is 0 Å². The highest BCUT2D eigenvalue weighted by atomic mass is 32.2. The first-order valence-electron chi connectivity index (χ1n) is 8.92. The third-order valence-electron chi connectivity index (χ3n) is 4.57. The summed E-state index contributed by atoms with van der Waals surface area (Å²) in [5.74, 6) is -3.11. The van der Waals surface area contributed by atoms with Crippen LogP contribution in [0, 0.1) is 10.8 Å². The van der Waals surface area contributed by atoms with Crippen molar-refractivity contribution < 1.29 is 46.4 Å². The van der Waals surface area contributed by atoms with Gasteiger partial charge < -0.3 is 15.2 Å². The van der Waals surface area contributed by atoms with Gasteiger partial charge in [-0.3, -0.25) is 4.79 Å². The summed E-state index contributed by atoms with van der Waals surface area (Å²) in [5.41, 5.74) is -0.524. The molecule has 1 fully saturated rings. The Labute approximate surface area is 178 Å². The molecule has 0 aromatic heterocycles. The second-order valence-electron chi connectivity index (χ2n) is 6.85. The van der Waals surface area contributed by atoms with Gasteiger partial charge in [-0.2, -0.15) is 4.31 Å². The van der Waals surface area contributed by atoms with Crippen LogP contribution in [0.3, 0.4) is 0 Å². The van der Waals surface area contributed by atoms with E-state index >= 15 is 0 Å². The summed E-state index contributed by atoms with van der Waals surface area (Å²) in [7, 11) is -7.68. The number of benzene rings is 1. The molecule has 172 valence electrons. The van der Waals surface area contributed by atoms with E-state index in [0.717, 1.165) is 22.7 Å². The number of carboxylic acid groups (broad SMARTS) is 1. The molecule has 0 aliphatic carbocycles. The molecular formula is C16H22N3O10S2+. The zero-order chi connectivity index (χ0) is 23.4. The Balaban J connectivity index is 2.14. The van der Waals surface area contributed by atoms with E-state index in [1.165, 1.54) is 12.1 Å². The first-order chi connectivity index (χ1) is 14.3. The Bertz CT molecular complexity index is 1070. The summed E-state index contributed by atoms with van der Waals surface area (Å²) in [6.45, 7) is -1.11. The lowest BCUT2D eigenvalue weighted by molar-refractivity contribution is -0.731. The summed E-state index contributed by atoms with van der Waals surface area (Å²) >= 11 is 0. The number of aliphatic carboxylic acids is 1. The van der Waals surface area contributed by atoms with E-state index in [-0.39, 0.29) is 13.0 Å². The minimum absolute atomic E-state index is 0.0836. The van der Waals surface area contributed by atoms with E-state index in [9.17, 15) is 41.6 Å². The van der Waals surface area contributed by atoms with Gasteiger partial charge in [-0.25, -0.2) is 26.8 Å². The Morgan fingerprint density at radius 1 is 1.26 bits per heavy atom. The lowest BCUT2D eigenvalue weighted by Gasteiger charge is -2.35. The molecule has 0 unspecified atom stereocenters. The van der Waals surface area contributed by atoms with Gasteiger partial charge in [0.05, 0.1) is 16.6 Å². The number of rotatable bonds is 8. The highest BCUT2D eigenvalue weighted by Gasteiger charge is 2.42. The number of nitrogens with zero attached hydrogens (tertiary/aromatic N) is 2. The minimum Gasteiger partial charge on any atom is -0.481 e. The number of hydrogen-bond acceptors (Lipinski definition) is 8. The Morgan fingerprint density at radius 2 is 1.90 bits per heavy atom. The monoisotopic (exact) mass is 480 g/mol. The van der Waals surface area contributed by atoms with E-state index in [2.05, 4.69) is 5.32 Å². The number of alkyl carbamates (subject to hydrolysis) is 1. The fourth-order valence-corrected chi connectivity index (χ4v) is 5.04. The van der Waals surface area contributed by atoms with Crippen molar-refractivity contribution >= 4 is 37.6 Å². The van der Waals surface area contributed by atoms with E-state index in [1.54, 1.807) is 0 Å². The largest absolute Gasteiger partial charge is 0.481 e. The third kappa shape index (κ3) is 6.35. The molecule has 2 atom stereocenters. The number of ether oxygens (including phenoxy) is 1. The zero-order valence-electron chi connectivity index (χ0n) is 16.4. The van der Waals surface area contributed by atoms with Crippen molar-refractivity contribution in [3.63, 3.8) is 0 Å². The molecule has 1 aliphatic heterocycles. The Hall–Kier alpha value is -2.78. The molecule has 15 heteroatoms. The van der Waals surface area contributed by atoms with Crippen LogP contribution in [0.15, 0.2) is 29.2 Å². The number of hydrogen-bond donors (Lipinski definition) is 3. The van der Waals surface area contributed by atoms with Gasteiger partial charge in [0.15, 0.2) is 14.7 Å². The smallest absolute Gasteiger partial charge is 0.407 e. The van der Waals surface area contributed by atoms with Crippen LogP contribution in [-0.4, -0.2) is 86.2 Å². The van der Waals surface area contributed by atoms with Gasteiger partial charge in [-0.1, -0.05) is 12.1 Å². The first kappa shape index (κ1) is 24.5. The number of para-hydroxylation sites is 1. The van der Waals surface area contributed by atoms with Gasteiger partial charge in [0.2, 0.25) is 10.0 Å². The van der Waals surface area contributed by atoms with E-state index in [1.807, 2.05) is 0 Å². The maximum absolute atomic E-state index is 12.9. The molecule has 1 aliphatic rings. The van der Waals surface area contributed by atoms with E-state index in [4.69, 9.17) is 4.74 Å². The van der Waals surface area contributed by atoms with Crippen LogP contribution in [0.4, 0.5) is 10.5 Å². The number of nitrogens with one attached hydrogen (secondary N) is 1. The number of amides is 1. The predicted octanol–water partition coefficient (Wildman–Crippen LogP) is -0.279. The fourth-order valence-electron chi connectivity index (χ4n) is 3.01. The van der Waals surface area contributed by atoms with Crippen LogP contribution < -0.4 is 5.32 Å². The van der Waals surface area contributed by atoms with Gasteiger partial charge in [-0.05, 0) is 12.5 Å². The molecular weight excluding hydrogens is 458 g/mol. The van der Waals surface area contributed by atoms with Crippen molar-refractivity contribution in [2.45, 2.75) is 17.4 Å². The van der Waals surface area contributed by atoms with Crippen molar-refractivity contribution in [3.8, 4) is 0 Å². The number of piperidine rings is 1. The SMILES string of the molecule is CS(=O)(=O)CCOC(=O)N[C@H]1CCN(S(=O)(=O)c2ccccc2[N+](=O)O)C[C@@H]1C(=O)O. The first-order valence-corrected chi connectivity index (χ1v) is 12.4. The summed E-state index contributed by atoms with van der Waals surface area (Å²) in [6, 6.07) is 3.91. The summed E-state index contributed by atoms with van der Waals surface area (Å²) < 4.78 is 53.6. The fraction of sp³-hybridized carbons (Fsp3) is 0.500.